The van der Waals surface area contributed by atoms with E-state index in [1.807, 2.05) is 0 Å². The molecule has 4 heteroatoms. The molecule has 2 rings (SSSR count). The summed E-state index contributed by atoms with van der Waals surface area (Å²) in [6, 6.07) is 2.93. The minimum atomic E-state index is -0.610. The summed E-state index contributed by atoms with van der Waals surface area (Å²) < 4.78 is 13.8. The lowest BCUT2D eigenvalue weighted by molar-refractivity contribution is 0.425. The number of nitrogens with two attached hydrogens (primary N) is 1. The Morgan fingerprint density at radius 1 is 1.33 bits per heavy atom. The molecule has 1 fully saturated rings. The number of hydrogen-bond acceptors (Lipinski definition) is 2. The number of halogens is 2. The first-order chi connectivity index (χ1) is 7.04. The van der Waals surface area contributed by atoms with Crippen molar-refractivity contribution in [2.24, 2.45) is 5.73 Å². The van der Waals surface area contributed by atoms with Gasteiger partial charge in [0.15, 0.2) is 5.82 Å². The topological polar surface area (TPSA) is 46.2 Å². The van der Waals surface area contributed by atoms with E-state index in [-0.39, 0.29) is 10.8 Å². The molecule has 2 nitrogen and oxygen atoms in total. The van der Waals surface area contributed by atoms with E-state index in [2.05, 4.69) is 0 Å². The van der Waals surface area contributed by atoms with E-state index in [0.717, 1.165) is 25.7 Å². The molecular weight excluding hydrogens is 217 g/mol. The highest BCUT2D eigenvalue weighted by Gasteiger charge is 2.34. The normalized spacial score (nSPS) is 19.4. The summed E-state index contributed by atoms with van der Waals surface area (Å²) in [5, 5.41) is 9.01. The Morgan fingerprint density at radius 3 is 2.53 bits per heavy atom. The summed E-state index contributed by atoms with van der Waals surface area (Å²) in [5.41, 5.74) is 5.93. The van der Waals surface area contributed by atoms with Gasteiger partial charge in [0.2, 0.25) is 0 Å². The second-order valence-electron chi connectivity index (χ2n) is 4.12. The van der Waals surface area contributed by atoms with Gasteiger partial charge in [0.05, 0.1) is 0 Å². The van der Waals surface area contributed by atoms with Gasteiger partial charge in [0.25, 0.3) is 0 Å². The monoisotopic (exact) mass is 229 g/mol. The van der Waals surface area contributed by atoms with Gasteiger partial charge < -0.3 is 10.8 Å². The molecule has 1 aliphatic rings. The van der Waals surface area contributed by atoms with Gasteiger partial charge in [-0.15, -0.1) is 0 Å². The minimum Gasteiger partial charge on any atom is -0.506 e. The molecular formula is C11H13ClFNO. The second kappa shape index (κ2) is 3.65. The van der Waals surface area contributed by atoms with Crippen molar-refractivity contribution in [1.29, 1.82) is 0 Å². The van der Waals surface area contributed by atoms with Crippen LogP contribution in [0.25, 0.3) is 0 Å². The Labute approximate surface area is 92.9 Å². The molecule has 0 heterocycles. The fourth-order valence-electron chi connectivity index (χ4n) is 2.20. The summed E-state index contributed by atoms with van der Waals surface area (Å²) in [7, 11) is 0. The Balaban J connectivity index is 2.49. The SMILES string of the molecule is NC1(c2ccc(O)c(Cl)c2F)CCCC1. The molecule has 0 saturated heterocycles. The summed E-state index contributed by atoms with van der Waals surface area (Å²) in [4.78, 5) is 0. The lowest BCUT2D eigenvalue weighted by Gasteiger charge is -2.25. The molecule has 15 heavy (non-hydrogen) atoms. The molecule has 1 aromatic rings. The Kier molecular flexibility index (Phi) is 2.61. The molecule has 0 bridgehead atoms. The molecule has 3 N–H and O–H groups in total. The van der Waals surface area contributed by atoms with Crippen molar-refractivity contribution in [3.63, 3.8) is 0 Å². The van der Waals surface area contributed by atoms with Gasteiger partial charge >= 0.3 is 0 Å². The number of phenols is 1. The van der Waals surface area contributed by atoms with E-state index < -0.39 is 11.4 Å². The summed E-state index contributed by atoms with van der Waals surface area (Å²) in [6.45, 7) is 0. The minimum absolute atomic E-state index is 0.232. The third-order valence-corrected chi connectivity index (χ3v) is 3.45. The molecule has 0 atom stereocenters. The van der Waals surface area contributed by atoms with Crippen molar-refractivity contribution < 1.29 is 9.50 Å². The van der Waals surface area contributed by atoms with Crippen LogP contribution >= 0.6 is 11.6 Å². The summed E-state index contributed by atoms with van der Waals surface area (Å²) in [5.74, 6) is -0.819. The highest BCUT2D eigenvalue weighted by atomic mass is 35.5. The van der Waals surface area contributed by atoms with E-state index in [9.17, 15) is 9.50 Å². The maximum Gasteiger partial charge on any atom is 0.150 e. The van der Waals surface area contributed by atoms with Crippen LogP contribution in [0.1, 0.15) is 31.2 Å². The second-order valence-corrected chi connectivity index (χ2v) is 4.50. The van der Waals surface area contributed by atoms with Gasteiger partial charge in [-0.2, -0.15) is 0 Å². The van der Waals surface area contributed by atoms with Gasteiger partial charge in [0.1, 0.15) is 10.8 Å². The molecule has 0 amide bonds. The summed E-state index contributed by atoms with van der Waals surface area (Å²) >= 11 is 5.64. The van der Waals surface area contributed by atoms with E-state index in [4.69, 9.17) is 17.3 Å². The zero-order valence-electron chi connectivity index (χ0n) is 8.26. The molecule has 0 spiro atoms. The highest BCUT2D eigenvalue weighted by Crippen LogP contribution is 2.40. The predicted molar refractivity (Wildman–Crippen MR) is 57.4 cm³/mol. The van der Waals surface area contributed by atoms with Crippen molar-refractivity contribution in [2.75, 3.05) is 0 Å². The molecule has 0 radical (unpaired) electrons. The fourth-order valence-corrected chi connectivity index (χ4v) is 2.36. The Morgan fingerprint density at radius 2 is 1.93 bits per heavy atom. The quantitative estimate of drug-likeness (QED) is 0.778. The van der Waals surface area contributed by atoms with Crippen LogP contribution in [0.3, 0.4) is 0 Å². The number of benzene rings is 1. The van der Waals surface area contributed by atoms with Crippen molar-refractivity contribution >= 4 is 11.6 Å². The number of hydrogen-bond donors (Lipinski definition) is 2. The highest BCUT2D eigenvalue weighted by molar-refractivity contribution is 6.32. The third-order valence-electron chi connectivity index (χ3n) is 3.09. The zero-order chi connectivity index (χ0) is 11.1. The van der Waals surface area contributed by atoms with E-state index in [1.54, 1.807) is 0 Å². The lowest BCUT2D eigenvalue weighted by atomic mass is 9.89. The maximum atomic E-state index is 13.8. The molecule has 1 aromatic carbocycles. The number of phenolic OH excluding ortho intramolecular Hbond substituents is 1. The smallest absolute Gasteiger partial charge is 0.150 e. The van der Waals surface area contributed by atoms with Gasteiger partial charge in [-0.05, 0) is 18.9 Å². The van der Waals surface area contributed by atoms with Crippen molar-refractivity contribution in [3.05, 3.63) is 28.5 Å². The van der Waals surface area contributed by atoms with Crippen molar-refractivity contribution in [3.8, 4) is 5.75 Å². The van der Waals surface area contributed by atoms with Crippen molar-refractivity contribution in [1.82, 2.24) is 0 Å². The Bertz CT molecular complexity index is 388. The first-order valence-electron chi connectivity index (χ1n) is 5.01. The first kappa shape index (κ1) is 10.7. The van der Waals surface area contributed by atoms with Crippen LogP contribution in [-0.4, -0.2) is 5.11 Å². The maximum absolute atomic E-state index is 13.8. The van der Waals surface area contributed by atoms with Crippen LogP contribution in [0.2, 0.25) is 5.02 Å². The van der Waals surface area contributed by atoms with Crippen molar-refractivity contribution in [2.45, 2.75) is 31.2 Å². The van der Waals surface area contributed by atoms with E-state index in [0.29, 0.717) is 5.56 Å². The van der Waals surface area contributed by atoms with Crippen LogP contribution in [0, 0.1) is 5.82 Å². The molecule has 1 aliphatic carbocycles. The third kappa shape index (κ3) is 1.70. The molecule has 0 unspecified atom stereocenters. The fraction of sp³-hybridized carbons (Fsp3) is 0.455. The average Bonchev–Trinajstić information content (AvgIpc) is 2.62. The largest absolute Gasteiger partial charge is 0.506 e. The Hall–Kier alpha value is -0.800. The molecule has 1 saturated carbocycles. The van der Waals surface area contributed by atoms with Gasteiger partial charge in [-0.3, -0.25) is 0 Å². The first-order valence-corrected chi connectivity index (χ1v) is 5.39. The van der Waals surface area contributed by atoms with Crippen LogP contribution in [0.5, 0.6) is 5.75 Å². The van der Waals surface area contributed by atoms with Gasteiger partial charge in [-0.25, -0.2) is 4.39 Å². The van der Waals surface area contributed by atoms with Crippen LogP contribution < -0.4 is 5.73 Å². The molecule has 82 valence electrons. The number of aromatic hydroxyl groups is 1. The molecule has 0 aliphatic heterocycles. The summed E-state index contributed by atoms with van der Waals surface area (Å²) in [6.07, 6.45) is 3.55. The zero-order valence-corrected chi connectivity index (χ0v) is 9.02. The average molecular weight is 230 g/mol. The van der Waals surface area contributed by atoms with Crippen LogP contribution in [0.4, 0.5) is 4.39 Å². The lowest BCUT2D eigenvalue weighted by Crippen LogP contribution is -2.34. The van der Waals surface area contributed by atoms with E-state index >= 15 is 0 Å². The van der Waals surface area contributed by atoms with E-state index in [1.165, 1.54) is 12.1 Å². The van der Waals surface area contributed by atoms with Crippen LogP contribution in [0.15, 0.2) is 12.1 Å². The van der Waals surface area contributed by atoms with Gasteiger partial charge in [0, 0.05) is 11.1 Å². The van der Waals surface area contributed by atoms with Crippen LogP contribution in [-0.2, 0) is 5.54 Å². The molecule has 0 aromatic heterocycles. The standard InChI is InChI=1S/C11H13ClFNO/c12-9-8(15)4-3-7(10(9)13)11(14)5-1-2-6-11/h3-4,15H,1-2,5-6,14H2. The number of rotatable bonds is 1. The predicted octanol–water partition coefficient (Wildman–Crippen LogP) is 2.91. The van der Waals surface area contributed by atoms with Gasteiger partial charge in [-0.1, -0.05) is 30.5 Å².